The third-order valence-electron chi connectivity index (χ3n) is 5.31. The molecule has 4 rings (SSSR count). The molecule has 30 heavy (non-hydrogen) atoms. The summed E-state index contributed by atoms with van der Waals surface area (Å²) in [4.78, 5) is 15.4. The highest BCUT2D eigenvalue weighted by atomic mass is 32.2. The van der Waals surface area contributed by atoms with E-state index in [-0.39, 0.29) is 29.0 Å². The largest absolute Gasteiger partial charge is 0.493 e. The molecular weight excluding hydrogens is 424 g/mol. The zero-order chi connectivity index (χ0) is 21.5. The number of ether oxygens (including phenoxy) is 2. The van der Waals surface area contributed by atoms with Gasteiger partial charge in [0, 0.05) is 28.8 Å². The van der Waals surface area contributed by atoms with E-state index in [1.165, 1.54) is 0 Å². The molecule has 0 bridgehead atoms. The minimum Gasteiger partial charge on any atom is -0.493 e. The molecular formula is C21H24N2O5S2. The van der Waals surface area contributed by atoms with Gasteiger partial charge in [0.15, 0.2) is 11.5 Å². The summed E-state index contributed by atoms with van der Waals surface area (Å²) in [5, 5.41) is 0.287. The Labute approximate surface area is 180 Å². The number of methoxy groups -OCH3 is 2. The summed E-state index contributed by atoms with van der Waals surface area (Å²) in [6.45, 7) is 2.91. The third-order valence-corrected chi connectivity index (χ3v) is 7.99. The van der Waals surface area contributed by atoms with Gasteiger partial charge in [-0.1, -0.05) is 13.0 Å². The topological polar surface area (TPSA) is 84.9 Å². The van der Waals surface area contributed by atoms with Crippen LogP contribution in [0.3, 0.4) is 0 Å². The lowest BCUT2D eigenvalue weighted by atomic mass is 10.1. The highest BCUT2D eigenvalue weighted by Crippen LogP contribution is 2.46. The zero-order valence-electron chi connectivity index (χ0n) is 17.1. The molecule has 9 heteroatoms. The number of rotatable bonds is 7. The number of nitrogens with one attached hydrogen (secondary N) is 1. The van der Waals surface area contributed by atoms with Gasteiger partial charge in [-0.15, -0.1) is 11.8 Å². The van der Waals surface area contributed by atoms with Crippen molar-refractivity contribution in [3.05, 3.63) is 41.5 Å². The fraction of sp³-hybridized carbons (Fsp3) is 0.381. The van der Waals surface area contributed by atoms with Gasteiger partial charge in [0.2, 0.25) is 15.9 Å². The van der Waals surface area contributed by atoms with E-state index in [1.807, 2.05) is 18.2 Å². The average molecular weight is 449 g/mol. The van der Waals surface area contributed by atoms with E-state index >= 15 is 0 Å². The van der Waals surface area contributed by atoms with Crippen LogP contribution in [0.15, 0.2) is 40.1 Å². The second-order valence-corrected chi connectivity index (χ2v) is 10.6. The molecule has 1 N–H and O–H groups in total. The van der Waals surface area contributed by atoms with E-state index < -0.39 is 10.0 Å². The lowest BCUT2D eigenvalue weighted by Gasteiger charge is -2.29. The summed E-state index contributed by atoms with van der Waals surface area (Å²) in [7, 11) is -0.608. The molecule has 2 aliphatic rings. The van der Waals surface area contributed by atoms with Gasteiger partial charge in [-0.2, -0.15) is 0 Å². The monoisotopic (exact) mass is 448 g/mol. The van der Waals surface area contributed by atoms with Gasteiger partial charge < -0.3 is 14.4 Å². The molecule has 2 aromatic rings. The molecule has 7 nitrogen and oxygen atoms in total. The van der Waals surface area contributed by atoms with Crippen LogP contribution >= 0.6 is 11.8 Å². The standard InChI is InChI=1S/C21H24N2O5S2/c1-13-12-23-20(24)11-15-19(7-6-18(29-13)21(15)23)30(25,26)22-9-8-14-4-5-16(27-2)17(10-14)28-3/h4-7,10,13,22H,8-9,11-12H2,1-3H3/t13-/m1/s1. The lowest BCUT2D eigenvalue weighted by molar-refractivity contribution is -0.117. The predicted octanol–water partition coefficient (Wildman–Crippen LogP) is 2.61. The Morgan fingerprint density at radius 2 is 1.93 bits per heavy atom. The van der Waals surface area contributed by atoms with Crippen LogP contribution in [0.5, 0.6) is 11.5 Å². The quantitative estimate of drug-likeness (QED) is 0.701. The molecule has 1 atom stereocenters. The van der Waals surface area contributed by atoms with Gasteiger partial charge in [0.25, 0.3) is 0 Å². The van der Waals surface area contributed by atoms with Crippen LogP contribution in [0.4, 0.5) is 5.69 Å². The van der Waals surface area contributed by atoms with Crippen molar-refractivity contribution >= 4 is 33.4 Å². The van der Waals surface area contributed by atoms with Crippen molar-refractivity contribution in [2.24, 2.45) is 0 Å². The SMILES string of the molecule is COc1ccc(CCNS(=O)(=O)c2ccc3c4c2CC(=O)N4C[C@@H](C)S3)cc1OC. The molecule has 0 radical (unpaired) electrons. The van der Waals surface area contributed by atoms with Gasteiger partial charge >= 0.3 is 0 Å². The van der Waals surface area contributed by atoms with Crippen molar-refractivity contribution in [2.45, 2.75) is 34.8 Å². The summed E-state index contributed by atoms with van der Waals surface area (Å²) in [5.41, 5.74) is 2.30. The van der Waals surface area contributed by atoms with Crippen LogP contribution in [-0.4, -0.2) is 46.9 Å². The molecule has 0 saturated carbocycles. The number of sulfonamides is 1. The number of nitrogens with zero attached hydrogens (tertiary/aromatic N) is 1. The predicted molar refractivity (Wildman–Crippen MR) is 116 cm³/mol. The van der Waals surface area contributed by atoms with E-state index in [4.69, 9.17) is 9.47 Å². The first-order valence-corrected chi connectivity index (χ1v) is 12.0. The van der Waals surface area contributed by atoms with E-state index in [0.717, 1.165) is 16.1 Å². The maximum atomic E-state index is 13.0. The van der Waals surface area contributed by atoms with Crippen LogP contribution in [0.1, 0.15) is 18.1 Å². The molecule has 2 aliphatic heterocycles. The van der Waals surface area contributed by atoms with Crippen molar-refractivity contribution in [1.29, 1.82) is 0 Å². The number of amides is 1. The molecule has 2 heterocycles. The summed E-state index contributed by atoms with van der Waals surface area (Å²) >= 11 is 1.68. The van der Waals surface area contributed by atoms with Crippen molar-refractivity contribution < 1.29 is 22.7 Å². The fourth-order valence-electron chi connectivity index (χ4n) is 3.93. The number of benzene rings is 2. The summed E-state index contributed by atoms with van der Waals surface area (Å²) in [5.74, 6) is 1.19. The second kappa shape index (κ2) is 8.13. The van der Waals surface area contributed by atoms with Gasteiger partial charge in [-0.05, 0) is 36.2 Å². The normalized spacial score (nSPS) is 17.8. The number of hydrogen-bond donors (Lipinski definition) is 1. The lowest BCUT2D eigenvalue weighted by Crippen LogP contribution is -2.35. The number of carbonyl (C=O) groups excluding carboxylic acids is 1. The minimum absolute atomic E-state index is 0.0358. The Bertz CT molecular complexity index is 1100. The van der Waals surface area contributed by atoms with Crippen LogP contribution in [0.2, 0.25) is 0 Å². The van der Waals surface area contributed by atoms with E-state index in [2.05, 4.69) is 11.6 Å². The van der Waals surface area contributed by atoms with Crippen LogP contribution in [0, 0.1) is 0 Å². The number of hydrogen-bond acceptors (Lipinski definition) is 6. The van der Waals surface area contributed by atoms with Crippen molar-refractivity contribution in [1.82, 2.24) is 4.72 Å². The smallest absolute Gasteiger partial charge is 0.240 e. The number of carbonyl (C=O) groups is 1. The van der Waals surface area contributed by atoms with Crippen LogP contribution in [-0.2, 0) is 27.7 Å². The molecule has 0 unspecified atom stereocenters. The first kappa shape index (κ1) is 21.0. The Balaban J connectivity index is 1.53. The van der Waals surface area contributed by atoms with Crippen LogP contribution in [0.25, 0.3) is 0 Å². The Hall–Kier alpha value is -2.23. The highest BCUT2D eigenvalue weighted by molar-refractivity contribution is 8.00. The molecule has 0 saturated heterocycles. The molecule has 0 fully saturated rings. The van der Waals surface area contributed by atoms with Crippen LogP contribution < -0.4 is 19.1 Å². The van der Waals surface area contributed by atoms with Gasteiger partial charge in [0.05, 0.1) is 31.2 Å². The molecule has 2 aromatic carbocycles. The van der Waals surface area contributed by atoms with E-state index in [9.17, 15) is 13.2 Å². The number of anilines is 1. The van der Waals surface area contributed by atoms with Crippen molar-refractivity contribution in [3.8, 4) is 11.5 Å². The summed E-state index contributed by atoms with van der Waals surface area (Å²) in [6, 6.07) is 8.94. The molecule has 0 aromatic heterocycles. The maximum Gasteiger partial charge on any atom is 0.240 e. The maximum absolute atomic E-state index is 13.0. The molecule has 1 amide bonds. The molecule has 0 aliphatic carbocycles. The van der Waals surface area contributed by atoms with E-state index in [1.54, 1.807) is 43.0 Å². The first-order chi connectivity index (χ1) is 14.3. The Morgan fingerprint density at radius 1 is 1.17 bits per heavy atom. The van der Waals surface area contributed by atoms with E-state index in [0.29, 0.717) is 30.0 Å². The highest BCUT2D eigenvalue weighted by Gasteiger charge is 2.38. The van der Waals surface area contributed by atoms with Gasteiger partial charge in [-0.25, -0.2) is 13.1 Å². The Morgan fingerprint density at radius 3 is 2.67 bits per heavy atom. The van der Waals surface area contributed by atoms with Crippen molar-refractivity contribution in [2.75, 3.05) is 32.2 Å². The zero-order valence-corrected chi connectivity index (χ0v) is 18.7. The average Bonchev–Trinajstić information content (AvgIpc) is 3.04. The van der Waals surface area contributed by atoms with Crippen molar-refractivity contribution in [3.63, 3.8) is 0 Å². The molecule has 0 spiro atoms. The minimum atomic E-state index is -3.74. The summed E-state index contributed by atoms with van der Waals surface area (Å²) < 4.78 is 39.2. The van der Waals surface area contributed by atoms with Gasteiger partial charge in [0.1, 0.15) is 0 Å². The summed E-state index contributed by atoms with van der Waals surface area (Å²) in [6.07, 6.45) is 0.626. The Kier molecular flexibility index (Phi) is 5.69. The first-order valence-electron chi connectivity index (χ1n) is 9.67. The van der Waals surface area contributed by atoms with Gasteiger partial charge in [-0.3, -0.25) is 4.79 Å². The second-order valence-electron chi connectivity index (χ2n) is 7.34. The fourth-order valence-corrected chi connectivity index (χ4v) is 6.34. The number of thioether (sulfide) groups is 1. The molecule has 160 valence electrons. The third kappa shape index (κ3) is 3.77.